The van der Waals surface area contributed by atoms with Crippen LogP contribution in [0.15, 0.2) is 45.8 Å². The molecule has 3 rings (SSSR count). The van der Waals surface area contributed by atoms with Gasteiger partial charge in [-0.1, -0.05) is 28.9 Å². The number of sulfone groups is 1. The zero-order chi connectivity index (χ0) is 21.2. The molecule has 0 spiro atoms. The lowest BCUT2D eigenvalue weighted by molar-refractivity contribution is -0.118. The minimum Gasteiger partial charge on any atom is -0.326 e. The minimum absolute atomic E-state index is 0.0414. The van der Waals surface area contributed by atoms with Crippen molar-refractivity contribution in [2.75, 3.05) is 22.5 Å². The van der Waals surface area contributed by atoms with Gasteiger partial charge >= 0.3 is 0 Å². The summed E-state index contributed by atoms with van der Waals surface area (Å²) in [5, 5.41) is 2.49. The lowest BCUT2D eigenvalue weighted by Gasteiger charge is -2.20. The smallest absolute Gasteiger partial charge is 0.226 e. The Bertz CT molecular complexity index is 1070. The SMILES string of the molecule is CCC(=O)N1CCc2cc(Br)cc(S(=O)(=O)CCC(=O)Nc3cccc(F)c3)c21. The number of anilines is 2. The lowest BCUT2D eigenvalue weighted by Crippen LogP contribution is -2.29. The molecular weight excluding hydrogens is 463 g/mol. The summed E-state index contributed by atoms with van der Waals surface area (Å²) in [7, 11) is -3.84. The number of nitrogens with one attached hydrogen (secondary N) is 1. The molecule has 0 bridgehead atoms. The predicted molar refractivity (Wildman–Crippen MR) is 112 cm³/mol. The molecule has 0 radical (unpaired) electrons. The Labute approximate surface area is 177 Å². The number of hydrogen-bond acceptors (Lipinski definition) is 4. The maximum atomic E-state index is 13.2. The number of nitrogens with zero attached hydrogens (tertiary/aromatic N) is 1. The number of rotatable bonds is 6. The number of carbonyl (C=O) groups is 2. The van der Waals surface area contributed by atoms with E-state index in [1.165, 1.54) is 29.2 Å². The van der Waals surface area contributed by atoms with E-state index in [0.717, 1.165) is 11.6 Å². The van der Waals surface area contributed by atoms with Crippen LogP contribution in [-0.2, 0) is 25.8 Å². The van der Waals surface area contributed by atoms with Crippen LogP contribution >= 0.6 is 15.9 Å². The summed E-state index contributed by atoms with van der Waals surface area (Å²) in [6, 6.07) is 8.66. The Morgan fingerprint density at radius 1 is 1.24 bits per heavy atom. The lowest BCUT2D eigenvalue weighted by atomic mass is 10.2. The van der Waals surface area contributed by atoms with E-state index in [1.807, 2.05) is 6.07 Å². The first-order valence-electron chi connectivity index (χ1n) is 9.12. The summed E-state index contributed by atoms with van der Waals surface area (Å²) in [5.41, 5.74) is 1.45. The molecule has 154 valence electrons. The topological polar surface area (TPSA) is 83.6 Å². The fourth-order valence-electron chi connectivity index (χ4n) is 3.27. The van der Waals surface area contributed by atoms with Crippen molar-refractivity contribution in [1.29, 1.82) is 0 Å². The van der Waals surface area contributed by atoms with Crippen molar-refractivity contribution < 1.29 is 22.4 Å². The molecule has 1 aliphatic heterocycles. The van der Waals surface area contributed by atoms with E-state index in [9.17, 15) is 22.4 Å². The molecule has 2 amide bonds. The van der Waals surface area contributed by atoms with Crippen molar-refractivity contribution in [3.05, 3.63) is 52.3 Å². The second kappa shape index (κ2) is 8.62. The molecule has 9 heteroatoms. The van der Waals surface area contributed by atoms with Crippen LogP contribution in [0.4, 0.5) is 15.8 Å². The van der Waals surface area contributed by atoms with Crippen molar-refractivity contribution in [3.8, 4) is 0 Å². The van der Waals surface area contributed by atoms with Crippen LogP contribution in [-0.4, -0.2) is 32.5 Å². The first-order chi connectivity index (χ1) is 13.7. The first kappa shape index (κ1) is 21.4. The van der Waals surface area contributed by atoms with E-state index >= 15 is 0 Å². The molecule has 2 aromatic rings. The van der Waals surface area contributed by atoms with Gasteiger partial charge in [0.25, 0.3) is 0 Å². The first-order valence-corrected chi connectivity index (χ1v) is 11.6. The third-order valence-corrected chi connectivity index (χ3v) is 6.82. The molecule has 29 heavy (non-hydrogen) atoms. The molecule has 0 saturated carbocycles. The van der Waals surface area contributed by atoms with Crippen LogP contribution in [0.3, 0.4) is 0 Å². The number of benzene rings is 2. The number of fused-ring (bicyclic) bond motifs is 1. The molecule has 0 atom stereocenters. The van der Waals surface area contributed by atoms with Crippen LogP contribution in [0.5, 0.6) is 0 Å². The summed E-state index contributed by atoms with van der Waals surface area (Å²) in [4.78, 5) is 26.0. The van der Waals surface area contributed by atoms with Crippen molar-refractivity contribution in [2.24, 2.45) is 0 Å². The standard InChI is InChI=1S/C20H20BrFN2O4S/c1-2-19(26)24-8-6-13-10-14(21)11-17(20(13)24)29(27,28)9-7-18(25)23-16-5-3-4-15(22)12-16/h3-5,10-12H,2,6-9H2,1H3,(H,23,25). The van der Waals surface area contributed by atoms with Crippen molar-refractivity contribution in [2.45, 2.75) is 31.1 Å². The number of halogens is 2. The van der Waals surface area contributed by atoms with Crippen LogP contribution < -0.4 is 10.2 Å². The van der Waals surface area contributed by atoms with Gasteiger partial charge in [-0.05, 0) is 42.3 Å². The van der Waals surface area contributed by atoms with Gasteiger partial charge in [-0.3, -0.25) is 9.59 Å². The predicted octanol–water partition coefficient (Wildman–Crippen LogP) is 3.69. The van der Waals surface area contributed by atoms with Gasteiger partial charge in [0.1, 0.15) is 5.82 Å². The van der Waals surface area contributed by atoms with Crippen molar-refractivity contribution in [1.82, 2.24) is 0 Å². The quantitative estimate of drug-likeness (QED) is 0.680. The third kappa shape index (κ3) is 4.84. The fraction of sp³-hybridized carbons (Fsp3) is 0.300. The van der Waals surface area contributed by atoms with Gasteiger partial charge in [-0.2, -0.15) is 0 Å². The second-order valence-corrected chi connectivity index (χ2v) is 9.68. The maximum absolute atomic E-state index is 13.2. The monoisotopic (exact) mass is 482 g/mol. The average Bonchev–Trinajstić information content (AvgIpc) is 3.08. The highest BCUT2D eigenvalue weighted by molar-refractivity contribution is 9.10. The van der Waals surface area contributed by atoms with Crippen LogP contribution in [0.2, 0.25) is 0 Å². The highest BCUT2D eigenvalue weighted by Crippen LogP contribution is 2.38. The molecular formula is C20H20BrFN2O4S. The summed E-state index contributed by atoms with van der Waals surface area (Å²) in [6.45, 7) is 2.16. The third-order valence-electron chi connectivity index (χ3n) is 4.64. The van der Waals surface area contributed by atoms with E-state index in [1.54, 1.807) is 6.92 Å². The van der Waals surface area contributed by atoms with Crippen molar-refractivity contribution >= 4 is 49.0 Å². The maximum Gasteiger partial charge on any atom is 0.226 e. The zero-order valence-corrected chi connectivity index (χ0v) is 18.1. The van der Waals surface area contributed by atoms with E-state index in [2.05, 4.69) is 21.2 Å². The van der Waals surface area contributed by atoms with E-state index < -0.39 is 27.3 Å². The Morgan fingerprint density at radius 3 is 2.69 bits per heavy atom. The molecule has 2 aromatic carbocycles. The van der Waals surface area contributed by atoms with Gasteiger partial charge in [-0.15, -0.1) is 0 Å². The summed E-state index contributed by atoms with van der Waals surface area (Å²) in [5.74, 6) is -1.61. The van der Waals surface area contributed by atoms with Crippen LogP contribution in [0, 0.1) is 5.82 Å². The number of carbonyl (C=O) groups excluding carboxylic acids is 2. The highest BCUT2D eigenvalue weighted by atomic mass is 79.9. The Balaban J connectivity index is 1.81. The molecule has 0 saturated heterocycles. The zero-order valence-electron chi connectivity index (χ0n) is 15.7. The van der Waals surface area contributed by atoms with Gasteiger partial charge in [0.2, 0.25) is 11.8 Å². The Kier molecular flexibility index (Phi) is 6.38. The molecule has 1 N–H and O–H groups in total. The highest BCUT2D eigenvalue weighted by Gasteiger charge is 2.32. The van der Waals surface area contributed by atoms with Gasteiger partial charge in [0.05, 0.1) is 16.3 Å². The molecule has 1 heterocycles. The molecule has 0 fully saturated rings. The second-order valence-electron chi connectivity index (χ2n) is 6.69. The van der Waals surface area contributed by atoms with Gasteiger partial charge < -0.3 is 10.2 Å². The molecule has 1 aliphatic rings. The van der Waals surface area contributed by atoms with Crippen molar-refractivity contribution in [3.63, 3.8) is 0 Å². The number of hydrogen-bond donors (Lipinski definition) is 1. The Hall–Kier alpha value is -2.26. The van der Waals surface area contributed by atoms with Gasteiger partial charge in [0, 0.05) is 29.5 Å². The van der Waals surface area contributed by atoms with Crippen LogP contribution in [0.1, 0.15) is 25.3 Å². The van der Waals surface area contributed by atoms with E-state index in [4.69, 9.17) is 0 Å². The summed E-state index contributed by atoms with van der Waals surface area (Å²) in [6.07, 6.45) is 0.552. The molecule has 0 aromatic heterocycles. The minimum atomic E-state index is -3.84. The molecule has 0 unspecified atom stereocenters. The summed E-state index contributed by atoms with van der Waals surface area (Å²) >= 11 is 3.33. The van der Waals surface area contributed by atoms with E-state index in [-0.39, 0.29) is 29.3 Å². The van der Waals surface area contributed by atoms with E-state index in [0.29, 0.717) is 23.1 Å². The van der Waals surface area contributed by atoms with Gasteiger partial charge in [-0.25, -0.2) is 12.8 Å². The summed E-state index contributed by atoms with van der Waals surface area (Å²) < 4.78 is 39.9. The molecule has 6 nitrogen and oxygen atoms in total. The average molecular weight is 483 g/mol. The Morgan fingerprint density at radius 2 is 2.00 bits per heavy atom. The fourth-order valence-corrected chi connectivity index (χ4v) is 5.45. The largest absolute Gasteiger partial charge is 0.326 e. The van der Waals surface area contributed by atoms with Gasteiger partial charge in [0.15, 0.2) is 9.84 Å². The normalized spacial score (nSPS) is 13.3. The molecule has 0 aliphatic carbocycles. The number of amides is 2. The van der Waals surface area contributed by atoms with Crippen LogP contribution in [0.25, 0.3) is 0 Å².